The van der Waals surface area contributed by atoms with E-state index in [1.54, 1.807) is 18.7 Å². The summed E-state index contributed by atoms with van der Waals surface area (Å²) < 4.78 is 0. The number of nitrogens with zero attached hydrogens (tertiary/aromatic N) is 5. The minimum absolute atomic E-state index is 0. The van der Waals surface area contributed by atoms with Gasteiger partial charge in [0.25, 0.3) is 0 Å². The van der Waals surface area contributed by atoms with Crippen LogP contribution in [0.2, 0.25) is 0 Å². The van der Waals surface area contributed by atoms with Crippen molar-refractivity contribution in [2.45, 2.75) is 0 Å². The van der Waals surface area contributed by atoms with Gasteiger partial charge in [-0.05, 0) is 10.4 Å². The standard InChI is InChI=1S/C3H4N2.C2H2N4.Co/c1-2-5-3-4-1;1-2-4-6-5-3-1;/h1-3H,(H,4,5);1-2H;. The summed E-state index contributed by atoms with van der Waals surface area (Å²) in [5.41, 5.74) is 0. The van der Waals surface area contributed by atoms with E-state index in [9.17, 15) is 0 Å². The van der Waals surface area contributed by atoms with Crippen molar-refractivity contribution in [3.8, 4) is 0 Å². The maximum Gasteiger partial charge on any atom is 0.0919 e. The largest absolute Gasteiger partial charge is 0.351 e. The number of nitrogens with one attached hydrogen (secondary N) is 1. The third-order valence-electron chi connectivity index (χ3n) is 0.749. The Labute approximate surface area is 79.0 Å². The molecule has 6 nitrogen and oxygen atoms in total. The molecule has 0 amide bonds. The Balaban J connectivity index is 0.000000189. The number of imidazole rings is 1. The minimum Gasteiger partial charge on any atom is -0.351 e. The van der Waals surface area contributed by atoms with Crippen molar-refractivity contribution in [1.82, 2.24) is 30.6 Å². The van der Waals surface area contributed by atoms with E-state index in [4.69, 9.17) is 0 Å². The van der Waals surface area contributed by atoms with E-state index in [1.807, 2.05) is 0 Å². The number of hydrogen-bond acceptors (Lipinski definition) is 5. The van der Waals surface area contributed by atoms with Gasteiger partial charge in [0.2, 0.25) is 0 Å². The molecule has 12 heavy (non-hydrogen) atoms. The van der Waals surface area contributed by atoms with E-state index in [0.29, 0.717) is 0 Å². The monoisotopic (exact) mass is 209 g/mol. The zero-order valence-corrected chi connectivity index (χ0v) is 7.00. The molecule has 0 aliphatic carbocycles. The van der Waals surface area contributed by atoms with E-state index >= 15 is 0 Å². The van der Waals surface area contributed by atoms with Gasteiger partial charge in [0.05, 0.1) is 18.7 Å². The first kappa shape index (κ1) is 10.7. The Bertz CT molecular complexity index is 202. The Kier molecular flexibility index (Phi) is 6.89. The Morgan fingerprint density at radius 3 is 1.75 bits per heavy atom. The first-order valence-electron chi connectivity index (χ1n) is 2.88. The normalized spacial score (nSPS) is 7.33. The summed E-state index contributed by atoms with van der Waals surface area (Å²) in [6, 6.07) is 0. The molecule has 0 aliphatic rings. The predicted molar refractivity (Wildman–Crippen MR) is 36.2 cm³/mol. The van der Waals surface area contributed by atoms with E-state index in [1.165, 1.54) is 12.4 Å². The van der Waals surface area contributed by atoms with E-state index in [-0.39, 0.29) is 16.8 Å². The van der Waals surface area contributed by atoms with Gasteiger partial charge in [-0.1, -0.05) is 0 Å². The van der Waals surface area contributed by atoms with Crippen LogP contribution in [0.5, 0.6) is 0 Å². The number of aromatic amines is 1. The smallest absolute Gasteiger partial charge is 0.0919 e. The van der Waals surface area contributed by atoms with Gasteiger partial charge in [-0.15, -0.1) is 10.2 Å². The average Bonchev–Trinajstić information content (AvgIpc) is 2.64. The summed E-state index contributed by atoms with van der Waals surface area (Å²) in [6.07, 6.45) is 8.01. The van der Waals surface area contributed by atoms with Crippen molar-refractivity contribution in [3.05, 3.63) is 31.1 Å². The van der Waals surface area contributed by atoms with Gasteiger partial charge in [0, 0.05) is 29.2 Å². The maximum absolute atomic E-state index is 3.67. The average molecular weight is 209 g/mol. The summed E-state index contributed by atoms with van der Waals surface area (Å²) >= 11 is 0. The Morgan fingerprint density at radius 2 is 1.58 bits per heavy atom. The summed E-state index contributed by atoms with van der Waals surface area (Å²) in [6.45, 7) is 0. The van der Waals surface area contributed by atoms with Crippen molar-refractivity contribution < 1.29 is 16.8 Å². The molecule has 0 fully saturated rings. The Morgan fingerprint density at radius 1 is 0.917 bits per heavy atom. The first-order valence-corrected chi connectivity index (χ1v) is 2.88. The van der Waals surface area contributed by atoms with Crippen molar-refractivity contribution in [1.29, 1.82) is 0 Å². The van der Waals surface area contributed by atoms with Gasteiger partial charge in [-0.3, -0.25) is 0 Å². The van der Waals surface area contributed by atoms with Gasteiger partial charge in [0.15, 0.2) is 0 Å². The molecule has 2 aromatic heterocycles. The van der Waals surface area contributed by atoms with Crippen LogP contribution in [0, 0.1) is 0 Å². The number of H-pyrrole nitrogens is 1. The van der Waals surface area contributed by atoms with Crippen LogP contribution in [-0.2, 0) is 16.8 Å². The topological polar surface area (TPSA) is 80.2 Å². The molecular formula is C5H6CoN6. The van der Waals surface area contributed by atoms with Crippen molar-refractivity contribution in [2.24, 2.45) is 0 Å². The molecule has 0 aliphatic heterocycles. The molecule has 0 saturated heterocycles. The fourth-order valence-corrected chi connectivity index (χ4v) is 0.381. The fourth-order valence-electron chi connectivity index (χ4n) is 0.381. The van der Waals surface area contributed by atoms with Crippen LogP contribution in [0.1, 0.15) is 0 Å². The van der Waals surface area contributed by atoms with Gasteiger partial charge in [-0.2, -0.15) is 0 Å². The van der Waals surface area contributed by atoms with Crippen molar-refractivity contribution >= 4 is 0 Å². The van der Waals surface area contributed by atoms with E-state index < -0.39 is 0 Å². The number of rotatable bonds is 0. The quantitative estimate of drug-likeness (QED) is 0.642. The molecule has 2 heterocycles. The summed E-state index contributed by atoms with van der Waals surface area (Å²) in [7, 11) is 0. The third kappa shape index (κ3) is 5.44. The van der Waals surface area contributed by atoms with Crippen LogP contribution < -0.4 is 0 Å². The molecule has 0 spiro atoms. The first-order chi connectivity index (χ1) is 5.50. The molecule has 0 atom stereocenters. The minimum atomic E-state index is 0. The number of aromatic nitrogens is 6. The third-order valence-corrected chi connectivity index (χ3v) is 0.749. The summed E-state index contributed by atoms with van der Waals surface area (Å²) in [5, 5.41) is 13.1. The molecule has 65 valence electrons. The van der Waals surface area contributed by atoms with Gasteiger partial charge < -0.3 is 4.98 Å². The zero-order valence-electron chi connectivity index (χ0n) is 5.96. The van der Waals surface area contributed by atoms with Crippen LogP contribution >= 0.6 is 0 Å². The second-order valence-electron chi connectivity index (χ2n) is 1.47. The molecule has 0 bridgehead atoms. The van der Waals surface area contributed by atoms with Gasteiger partial charge in [-0.25, -0.2) is 4.98 Å². The second-order valence-corrected chi connectivity index (χ2v) is 1.47. The molecule has 0 aromatic carbocycles. The molecule has 2 rings (SSSR count). The van der Waals surface area contributed by atoms with Crippen LogP contribution in [0.4, 0.5) is 0 Å². The SMILES string of the molecule is [Co].c1c[nH]cn1.c1cnnnn1. The molecule has 1 N–H and O–H groups in total. The second kappa shape index (κ2) is 7.76. The predicted octanol–water partition coefficient (Wildman–Crippen LogP) is -0.326. The van der Waals surface area contributed by atoms with E-state index in [0.717, 1.165) is 0 Å². The van der Waals surface area contributed by atoms with Crippen molar-refractivity contribution in [3.63, 3.8) is 0 Å². The Hall–Kier alpha value is -1.34. The van der Waals surface area contributed by atoms with Crippen LogP contribution in [0.25, 0.3) is 0 Å². The zero-order chi connectivity index (χ0) is 7.78. The molecule has 2 aromatic rings. The molecule has 0 saturated carbocycles. The molecular weight excluding hydrogens is 203 g/mol. The van der Waals surface area contributed by atoms with E-state index in [2.05, 4.69) is 30.6 Å². The summed E-state index contributed by atoms with van der Waals surface area (Å²) in [5.74, 6) is 0. The van der Waals surface area contributed by atoms with Crippen molar-refractivity contribution in [2.75, 3.05) is 0 Å². The molecule has 7 heteroatoms. The van der Waals surface area contributed by atoms with Crippen LogP contribution in [0.15, 0.2) is 31.1 Å². The van der Waals surface area contributed by atoms with Crippen LogP contribution in [0.3, 0.4) is 0 Å². The van der Waals surface area contributed by atoms with Gasteiger partial charge in [0.1, 0.15) is 0 Å². The van der Waals surface area contributed by atoms with Crippen LogP contribution in [-0.4, -0.2) is 30.6 Å². The maximum atomic E-state index is 3.67. The summed E-state index contributed by atoms with van der Waals surface area (Å²) in [4.78, 5) is 6.42. The molecule has 0 unspecified atom stereocenters. The van der Waals surface area contributed by atoms with Gasteiger partial charge >= 0.3 is 0 Å². The number of hydrogen-bond donors (Lipinski definition) is 1. The molecule has 1 radical (unpaired) electrons. The fraction of sp³-hybridized carbons (Fsp3) is 0.